The number of hydrogen-bond acceptors (Lipinski definition) is 3. The first-order valence-corrected chi connectivity index (χ1v) is 15.3. The minimum Gasteiger partial charge on any atom is -0.301 e. The van der Waals surface area contributed by atoms with Gasteiger partial charge < -0.3 is 4.90 Å². The molecule has 0 unspecified atom stereocenters. The molecule has 0 atom stereocenters. The fourth-order valence-corrected chi connectivity index (χ4v) is 7.43. The normalized spacial score (nSPS) is 16.2. The van der Waals surface area contributed by atoms with E-state index >= 15 is 0 Å². The number of piperazine rings is 1. The van der Waals surface area contributed by atoms with Crippen LogP contribution in [-0.4, -0.2) is 42.5 Å². The third-order valence-corrected chi connectivity index (χ3v) is 9.61. The van der Waals surface area contributed by atoms with E-state index in [-0.39, 0.29) is 17.6 Å². The van der Waals surface area contributed by atoms with Crippen LogP contribution in [0.3, 0.4) is 0 Å². The van der Waals surface area contributed by atoms with E-state index in [9.17, 15) is 8.78 Å². The molecule has 0 radical (unpaired) electrons. The molecule has 2 heterocycles. The molecule has 206 valence electrons. The first-order valence-electron chi connectivity index (χ1n) is 14.5. The SMILES string of the molecule is Fc1ccc(C(CCCCCN2CCN(C3c4ccccc4Sc4ccccc43)CC2)c2ccc(F)cc2)cc1. The maximum absolute atomic E-state index is 13.5. The van der Waals surface area contributed by atoms with Gasteiger partial charge in [-0.25, -0.2) is 8.78 Å². The summed E-state index contributed by atoms with van der Waals surface area (Å²) < 4.78 is 27.1. The van der Waals surface area contributed by atoms with Crippen LogP contribution >= 0.6 is 11.8 Å². The van der Waals surface area contributed by atoms with Gasteiger partial charge in [-0.2, -0.15) is 0 Å². The number of rotatable bonds is 9. The third kappa shape index (κ3) is 6.17. The predicted molar refractivity (Wildman–Crippen MR) is 160 cm³/mol. The molecule has 1 fully saturated rings. The highest BCUT2D eigenvalue weighted by Crippen LogP contribution is 2.47. The Balaban J connectivity index is 1.01. The van der Waals surface area contributed by atoms with E-state index in [1.54, 1.807) is 0 Å². The van der Waals surface area contributed by atoms with E-state index in [1.165, 1.54) is 51.6 Å². The van der Waals surface area contributed by atoms with Gasteiger partial charge in [0.25, 0.3) is 0 Å². The van der Waals surface area contributed by atoms with Crippen molar-refractivity contribution in [1.82, 2.24) is 9.80 Å². The van der Waals surface area contributed by atoms with Crippen molar-refractivity contribution in [2.24, 2.45) is 0 Å². The minimum absolute atomic E-state index is 0.157. The van der Waals surface area contributed by atoms with Crippen molar-refractivity contribution in [2.45, 2.75) is 47.4 Å². The topological polar surface area (TPSA) is 6.48 Å². The molecule has 2 aliphatic heterocycles. The van der Waals surface area contributed by atoms with E-state index in [0.29, 0.717) is 6.04 Å². The summed E-state index contributed by atoms with van der Waals surface area (Å²) in [5, 5.41) is 0. The molecule has 40 heavy (non-hydrogen) atoms. The monoisotopic (exact) mass is 554 g/mol. The lowest BCUT2D eigenvalue weighted by molar-refractivity contribution is 0.106. The molecule has 0 amide bonds. The second kappa shape index (κ2) is 12.7. The van der Waals surface area contributed by atoms with Crippen LogP contribution in [0.15, 0.2) is 107 Å². The van der Waals surface area contributed by atoms with E-state index in [0.717, 1.165) is 63.1 Å². The lowest BCUT2D eigenvalue weighted by Gasteiger charge is -2.42. The average Bonchev–Trinajstić information content (AvgIpc) is 2.99. The van der Waals surface area contributed by atoms with Gasteiger partial charge >= 0.3 is 0 Å². The van der Waals surface area contributed by atoms with Gasteiger partial charge in [0.1, 0.15) is 11.6 Å². The van der Waals surface area contributed by atoms with Crippen molar-refractivity contribution in [1.29, 1.82) is 0 Å². The fraction of sp³-hybridized carbons (Fsp3) is 0.314. The molecule has 0 saturated carbocycles. The second-order valence-electron chi connectivity index (χ2n) is 11.0. The summed E-state index contributed by atoms with van der Waals surface area (Å²) in [4.78, 5) is 8.05. The molecule has 0 aromatic heterocycles. The zero-order valence-corrected chi connectivity index (χ0v) is 23.6. The number of halogens is 2. The summed E-state index contributed by atoms with van der Waals surface area (Å²) in [7, 11) is 0. The molecule has 0 aliphatic carbocycles. The smallest absolute Gasteiger partial charge is 0.123 e. The molecule has 2 nitrogen and oxygen atoms in total. The Kier molecular flexibility index (Phi) is 8.62. The fourth-order valence-electron chi connectivity index (χ4n) is 6.30. The molecule has 2 aliphatic rings. The number of nitrogens with zero attached hydrogens (tertiary/aromatic N) is 2. The standard InChI is InChI=1S/C35H36F2N2S/c36-28-17-13-26(14-18-28)30(27-15-19-29(37)20-16-27)8-2-1-7-21-38-22-24-39(25-23-38)35-31-9-3-5-11-33(31)40-34-12-6-4-10-32(34)35/h3-6,9-20,30,35H,1-2,7-8,21-25H2. The van der Waals surface area contributed by atoms with Crippen LogP contribution < -0.4 is 0 Å². The third-order valence-electron chi connectivity index (χ3n) is 8.43. The quantitative estimate of drug-likeness (QED) is 0.192. The van der Waals surface area contributed by atoms with E-state index in [4.69, 9.17) is 0 Å². The molecule has 1 saturated heterocycles. The van der Waals surface area contributed by atoms with Crippen LogP contribution in [0.4, 0.5) is 8.78 Å². The summed E-state index contributed by atoms with van der Waals surface area (Å²) in [5.41, 5.74) is 5.06. The highest BCUT2D eigenvalue weighted by Gasteiger charge is 2.32. The Morgan fingerprint density at radius 3 is 1.70 bits per heavy atom. The van der Waals surface area contributed by atoms with Gasteiger partial charge in [0.05, 0.1) is 6.04 Å². The maximum Gasteiger partial charge on any atom is 0.123 e. The van der Waals surface area contributed by atoms with Gasteiger partial charge in [0.2, 0.25) is 0 Å². The number of benzene rings is 4. The Morgan fingerprint density at radius 2 is 1.15 bits per heavy atom. The molecular formula is C35H36F2N2S. The summed E-state index contributed by atoms with van der Waals surface area (Å²) in [6, 6.07) is 31.7. The van der Waals surface area contributed by atoms with Gasteiger partial charge in [-0.05, 0) is 78.0 Å². The lowest BCUT2D eigenvalue weighted by Crippen LogP contribution is -2.48. The summed E-state index contributed by atoms with van der Waals surface area (Å²) >= 11 is 1.90. The minimum atomic E-state index is -0.225. The average molecular weight is 555 g/mol. The summed E-state index contributed by atoms with van der Waals surface area (Å²) in [6.07, 6.45) is 4.39. The summed E-state index contributed by atoms with van der Waals surface area (Å²) in [6.45, 7) is 5.48. The van der Waals surface area contributed by atoms with Crippen LogP contribution in [0.5, 0.6) is 0 Å². The van der Waals surface area contributed by atoms with Gasteiger partial charge in [0.15, 0.2) is 0 Å². The zero-order chi connectivity index (χ0) is 27.3. The molecule has 4 aromatic carbocycles. The first kappa shape index (κ1) is 27.2. The van der Waals surface area contributed by atoms with Crippen molar-refractivity contribution in [2.75, 3.05) is 32.7 Å². The van der Waals surface area contributed by atoms with Crippen molar-refractivity contribution >= 4 is 11.8 Å². The van der Waals surface area contributed by atoms with Crippen LogP contribution in [0.2, 0.25) is 0 Å². The van der Waals surface area contributed by atoms with E-state index in [2.05, 4.69) is 58.3 Å². The van der Waals surface area contributed by atoms with E-state index in [1.807, 2.05) is 36.0 Å². The Hall–Kier alpha value is -2.99. The van der Waals surface area contributed by atoms with Gasteiger partial charge in [-0.1, -0.05) is 85.3 Å². The highest BCUT2D eigenvalue weighted by molar-refractivity contribution is 7.99. The molecular weight excluding hydrogens is 518 g/mol. The number of fused-ring (bicyclic) bond motifs is 2. The molecule has 5 heteroatoms. The van der Waals surface area contributed by atoms with Crippen LogP contribution in [0.25, 0.3) is 0 Å². The maximum atomic E-state index is 13.5. The first-order chi connectivity index (χ1) is 19.7. The largest absolute Gasteiger partial charge is 0.301 e. The van der Waals surface area contributed by atoms with Gasteiger partial charge in [-0.15, -0.1) is 0 Å². The van der Waals surface area contributed by atoms with Crippen molar-refractivity contribution in [3.8, 4) is 0 Å². The molecule has 6 rings (SSSR count). The highest BCUT2D eigenvalue weighted by atomic mass is 32.2. The Bertz CT molecular complexity index is 1310. The van der Waals surface area contributed by atoms with Gasteiger partial charge in [-0.3, -0.25) is 4.90 Å². The Labute approximate surface area is 241 Å². The van der Waals surface area contributed by atoms with Crippen LogP contribution in [-0.2, 0) is 0 Å². The van der Waals surface area contributed by atoms with Crippen molar-refractivity contribution < 1.29 is 8.78 Å². The van der Waals surface area contributed by atoms with Crippen LogP contribution in [0, 0.1) is 11.6 Å². The van der Waals surface area contributed by atoms with Gasteiger partial charge in [0, 0.05) is 41.9 Å². The Morgan fingerprint density at radius 1 is 0.625 bits per heavy atom. The molecule has 0 N–H and O–H groups in total. The predicted octanol–water partition coefficient (Wildman–Crippen LogP) is 8.53. The second-order valence-corrected chi connectivity index (χ2v) is 12.0. The van der Waals surface area contributed by atoms with Crippen LogP contribution in [0.1, 0.15) is 59.9 Å². The molecule has 0 bridgehead atoms. The number of unbranched alkanes of at least 4 members (excludes halogenated alkanes) is 2. The van der Waals surface area contributed by atoms with E-state index < -0.39 is 0 Å². The van der Waals surface area contributed by atoms with Crippen molar-refractivity contribution in [3.05, 3.63) is 131 Å². The summed E-state index contributed by atoms with van der Waals surface area (Å²) in [5.74, 6) is -0.292. The lowest BCUT2D eigenvalue weighted by atomic mass is 9.87. The number of hydrogen-bond donors (Lipinski definition) is 0. The molecule has 4 aromatic rings. The van der Waals surface area contributed by atoms with Crippen molar-refractivity contribution in [3.63, 3.8) is 0 Å². The zero-order valence-electron chi connectivity index (χ0n) is 22.8. The molecule has 0 spiro atoms.